The molecule has 0 fully saturated rings. The molecule has 4 aromatic rings. The predicted molar refractivity (Wildman–Crippen MR) is 119 cm³/mol. The van der Waals surface area contributed by atoms with Crippen LogP contribution in [-0.2, 0) is 11.3 Å². The summed E-state index contributed by atoms with van der Waals surface area (Å²) in [6.45, 7) is 0.214. The fourth-order valence-corrected chi connectivity index (χ4v) is 3.48. The van der Waals surface area contributed by atoms with Crippen LogP contribution in [0.1, 0.15) is 27.9 Å². The molecule has 0 aliphatic rings. The normalized spacial score (nSPS) is 11.7. The molecule has 0 saturated heterocycles. The number of carbonyl (C=O) groups excluding carboxylic acids is 2. The van der Waals surface area contributed by atoms with Crippen LogP contribution in [0.5, 0.6) is 11.5 Å². The first-order valence-corrected chi connectivity index (χ1v) is 10.0. The number of benzene rings is 2. The zero-order valence-corrected chi connectivity index (χ0v) is 17.7. The van der Waals surface area contributed by atoms with Crippen LogP contribution < -0.4 is 20.1 Å². The van der Waals surface area contributed by atoms with E-state index in [4.69, 9.17) is 13.9 Å². The lowest BCUT2D eigenvalue weighted by molar-refractivity contribution is -0.123. The summed E-state index contributed by atoms with van der Waals surface area (Å²) >= 11 is 0. The number of hydrogen-bond donors (Lipinski definition) is 3. The standard InChI is InChI=1S/C24H23N3O5/c1-30-19-10-11-20(31-2)22-17(19)13-18(26-22)23(28)27-21(15-7-4-3-5-8-15)24(29)25-14-16-9-6-12-32-16/h3-13,21,26H,14H2,1-2H3,(H,25,29)(H,27,28)/t21-/m0/s1. The summed E-state index contributed by atoms with van der Waals surface area (Å²) in [7, 11) is 3.11. The predicted octanol–water partition coefficient (Wildman–Crippen LogP) is 3.57. The Morgan fingerprint density at radius 2 is 1.75 bits per heavy atom. The first kappa shape index (κ1) is 21.0. The molecule has 8 nitrogen and oxygen atoms in total. The molecule has 8 heteroatoms. The maximum absolute atomic E-state index is 13.1. The Kier molecular flexibility index (Phi) is 6.12. The van der Waals surface area contributed by atoms with Crippen molar-refractivity contribution in [3.63, 3.8) is 0 Å². The number of hydrogen-bond acceptors (Lipinski definition) is 5. The molecule has 0 saturated carbocycles. The minimum Gasteiger partial charge on any atom is -0.496 e. The number of fused-ring (bicyclic) bond motifs is 1. The minimum atomic E-state index is -0.895. The number of nitrogens with one attached hydrogen (secondary N) is 3. The van der Waals surface area contributed by atoms with Crippen LogP contribution in [0.4, 0.5) is 0 Å². The van der Waals surface area contributed by atoms with E-state index in [1.54, 1.807) is 56.7 Å². The maximum Gasteiger partial charge on any atom is 0.268 e. The third kappa shape index (κ3) is 4.29. The van der Waals surface area contributed by atoms with Gasteiger partial charge < -0.3 is 29.5 Å². The molecule has 32 heavy (non-hydrogen) atoms. The van der Waals surface area contributed by atoms with Gasteiger partial charge in [-0.15, -0.1) is 0 Å². The van der Waals surface area contributed by atoms with Gasteiger partial charge in [-0.25, -0.2) is 0 Å². The molecule has 3 N–H and O–H groups in total. The summed E-state index contributed by atoms with van der Waals surface area (Å²) in [5.41, 5.74) is 1.57. The third-order valence-electron chi connectivity index (χ3n) is 5.09. The molecule has 164 valence electrons. The number of H-pyrrole nitrogens is 1. The number of furan rings is 1. The molecule has 0 bridgehead atoms. The van der Waals surface area contributed by atoms with E-state index in [9.17, 15) is 9.59 Å². The molecule has 0 aliphatic carbocycles. The number of amides is 2. The molecule has 0 radical (unpaired) electrons. The average molecular weight is 433 g/mol. The Labute approximate surface area is 184 Å². The van der Waals surface area contributed by atoms with Crippen LogP contribution >= 0.6 is 0 Å². The number of methoxy groups -OCH3 is 2. The highest BCUT2D eigenvalue weighted by Gasteiger charge is 2.25. The van der Waals surface area contributed by atoms with Crippen molar-refractivity contribution in [1.29, 1.82) is 0 Å². The first-order chi connectivity index (χ1) is 15.6. The number of rotatable bonds is 8. The SMILES string of the molecule is COc1ccc(OC)c2[nH]c(C(=O)N[C@H](C(=O)NCc3ccco3)c3ccccc3)cc12. The van der Waals surface area contributed by atoms with Crippen molar-refractivity contribution in [2.75, 3.05) is 14.2 Å². The van der Waals surface area contributed by atoms with Crippen LogP contribution in [0, 0.1) is 0 Å². The molecule has 0 aliphatic heterocycles. The summed E-state index contributed by atoms with van der Waals surface area (Å²) in [4.78, 5) is 29.1. The van der Waals surface area contributed by atoms with E-state index in [2.05, 4.69) is 15.6 Å². The van der Waals surface area contributed by atoms with Crippen molar-refractivity contribution in [3.8, 4) is 11.5 Å². The van der Waals surface area contributed by atoms with Crippen molar-refractivity contribution < 1.29 is 23.5 Å². The Morgan fingerprint density at radius 3 is 2.44 bits per heavy atom. The second-order valence-corrected chi connectivity index (χ2v) is 7.06. The second kappa shape index (κ2) is 9.30. The summed E-state index contributed by atoms with van der Waals surface area (Å²) < 4.78 is 16.0. The fourth-order valence-electron chi connectivity index (χ4n) is 3.48. The van der Waals surface area contributed by atoms with Crippen molar-refractivity contribution >= 4 is 22.7 Å². The summed E-state index contributed by atoms with van der Waals surface area (Å²) in [6.07, 6.45) is 1.54. The van der Waals surface area contributed by atoms with Crippen LogP contribution in [0.25, 0.3) is 10.9 Å². The minimum absolute atomic E-state index is 0.214. The van der Waals surface area contributed by atoms with Crippen LogP contribution in [0.3, 0.4) is 0 Å². The van der Waals surface area contributed by atoms with E-state index in [1.165, 1.54) is 6.26 Å². The van der Waals surface area contributed by atoms with E-state index < -0.39 is 11.9 Å². The highest BCUT2D eigenvalue weighted by molar-refractivity contribution is 6.03. The van der Waals surface area contributed by atoms with Crippen molar-refractivity contribution in [2.45, 2.75) is 12.6 Å². The molecule has 2 heterocycles. The summed E-state index contributed by atoms with van der Waals surface area (Å²) in [5.74, 6) is 1.01. The number of ether oxygens (including phenoxy) is 2. The Morgan fingerprint density at radius 1 is 1.00 bits per heavy atom. The molecule has 4 rings (SSSR count). The Hall–Kier alpha value is -4.20. The topological polar surface area (TPSA) is 106 Å². The molecule has 0 unspecified atom stereocenters. The van der Waals surface area contributed by atoms with Crippen LogP contribution in [-0.4, -0.2) is 31.0 Å². The van der Waals surface area contributed by atoms with Crippen molar-refractivity contribution in [2.24, 2.45) is 0 Å². The van der Waals surface area contributed by atoms with Gasteiger partial charge >= 0.3 is 0 Å². The monoisotopic (exact) mass is 433 g/mol. The van der Waals surface area contributed by atoms with E-state index in [0.29, 0.717) is 33.7 Å². The van der Waals surface area contributed by atoms with Gasteiger partial charge in [0.15, 0.2) is 0 Å². The van der Waals surface area contributed by atoms with Crippen LogP contribution in [0.15, 0.2) is 71.3 Å². The summed E-state index contributed by atoms with van der Waals surface area (Å²) in [6, 6.07) is 16.9. The van der Waals surface area contributed by atoms with E-state index in [1.807, 2.05) is 18.2 Å². The molecular weight excluding hydrogens is 410 g/mol. The van der Waals surface area contributed by atoms with Gasteiger partial charge in [0.25, 0.3) is 5.91 Å². The molecule has 2 aromatic carbocycles. The molecule has 2 amide bonds. The first-order valence-electron chi connectivity index (χ1n) is 10.0. The highest BCUT2D eigenvalue weighted by atomic mass is 16.5. The van der Waals surface area contributed by atoms with Gasteiger partial charge in [0.05, 0.1) is 32.5 Å². The Bertz CT molecular complexity index is 1170. The van der Waals surface area contributed by atoms with E-state index >= 15 is 0 Å². The lowest BCUT2D eigenvalue weighted by atomic mass is 10.1. The van der Waals surface area contributed by atoms with Crippen molar-refractivity contribution in [3.05, 3.63) is 83.9 Å². The second-order valence-electron chi connectivity index (χ2n) is 7.06. The lowest BCUT2D eigenvalue weighted by Crippen LogP contribution is -2.40. The number of aromatic amines is 1. The van der Waals surface area contributed by atoms with Gasteiger partial charge in [-0.05, 0) is 35.9 Å². The van der Waals surface area contributed by atoms with Gasteiger partial charge in [-0.1, -0.05) is 30.3 Å². The van der Waals surface area contributed by atoms with E-state index in [0.717, 1.165) is 0 Å². The van der Waals surface area contributed by atoms with Gasteiger partial charge in [0, 0.05) is 5.39 Å². The van der Waals surface area contributed by atoms with E-state index in [-0.39, 0.29) is 18.1 Å². The Balaban J connectivity index is 1.60. The molecule has 2 aromatic heterocycles. The molecule has 1 atom stereocenters. The van der Waals surface area contributed by atoms with Gasteiger partial charge in [0.2, 0.25) is 5.91 Å². The van der Waals surface area contributed by atoms with Gasteiger partial charge in [-0.2, -0.15) is 0 Å². The molecule has 0 spiro atoms. The highest BCUT2D eigenvalue weighted by Crippen LogP contribution is 2.33. The number of carbonyl (C=O) groups is 2. The smallest absolute Gasteiger partial charge is 0.268 e. The van der Waals surface area contributed by atoms with Crippen molar-refractivity contribution in [1.82, 2.24) is 15.6 Å². The average Bonchev–Trinajstić information content (AvgIpc) is 3.51. The quantitative estimate of drug-likeness (QED) is 0.394. The molecular formula is C24H23N3O5. The largest absolute Gasteiger partial charge is 0.496 e. The maximum atomic E-state index is 13.1. The van der Waals surface area contributed by atoms with Gasteiger partial charge in [-0.3, -0.25) is 9.59 Å². The zero-order chi connectivity index (χ0) is 22.5. The number of aromatic nitrogens is 1. The van der Waals surface area contributed by atoms with Gasteiger partial charge in [0.1, 0.15) is 29.0 Å². The zero-order valence-electron chi connectivity index (χ0n) is 17.7. The lowest BCUT2D eigenvalue weighted by Gasteiger charge is -2.18. The van der Waals surface area contributed by atoms with Crippen LogP contribution in [0.2, 0.25) is 0 Å². The fraction of sp³-hybridized carbons (Fsp3) is 0.167. The summed E-state index contributed by atoms with van der Waals surface area (Å²) in [5, 5.41) is 6.33. The third-order valence-corrected chi connectivity index (χ3v) is 5.09.